The van der Waals surface area contributed by atoms with Crippen molar-refractivity contribution in [2.45, 2.75) is 103 Å². The number of nitrogens with zero attached hydrogens (tertiary/aromatic N) is 1. The van der Waals surface area contributed by atoms with Crippen LogP contribution >= 0.6 is 7.82 Å². The highest BCUT2D eigenvalue weighted by Gasteiger charge is 1.99. The van der Waals surface area contributed by atoms with Gasteiger partial charge in [-0.05, 0) is 50.8 Å². The fourth-order valence-electron chi connectivity index (χ4n) is 2.87. The van der Waals surface area contributed by atoms with Crippen LogP contribution in [0, 0.1) is 0 Å². The highest BCUT2D eigenvalue weighted by molar-refractivity contribution is 7.44. The summed E-state index contributed by atoms with van der Waals surface area (Å²) in [6, 6.07) is 0. The third-order valence-corrected chi connectivity index (χ3v) is 5.01. The minimum absolute atomic E-state index is 0.146. The van der Waals surface area contributed by atoms with Gasteiger partial charge in [0.1, 0.15) is 0 Å². The molecule has 0 saturated heterocycles. The molecule has 0 aromatic carbocycles. The van der Waals surface area contributed by atoms with E-state index in [0.717, 1.165) is 25.7 Å². The SMILES string of the molecule is CCCCCCCC/C=C\CCCCCCCC([O-])=NCCCOP(=O)([O-])O. The number of hydrogen-bond acceptors (Lipinski definition) is 5. The summed E-state index contributed by atoms with van der Waals surface area (Å²) in [7, 11) is -4.66. The van der Waals surface area contributed by atoms with E-state index in [1.165, 1.54) is 57.8 Å². The molecular formula is C21H40NO5P-2. The number of rotatable bonds is 20. The van der Waals surface area contributed by atoms with Gasteiger partial charge in [0.25, 0.3) is 7.82 Å². The standard InChI is InChI=1S/C21H42NO5P/c1-2-3-4-5-6-7-8-9-10-11-12-13-14-15-16-18-21(23)22-19-17-20-27-28(24,25)26/h9-10H,2-8,11-20H2,1H3,(H,22,23)(H2,24,25,26)/p-2/b10-9-. The van der Waals surface area contributed by atoms with Crippen LogP contribution < -0.4 is 10.00 Å². The molecule has 1 atom stereocenters. The fraction of sp³-hybridized carbons (Fsp3) is 0.857. The molecule has 0 aliphatic rings. The van der Waals surface area contributed by atoms with Crippen LogP contribution in [0.15, 0.2) is 17.1 Å². The van der Waals surface area contributed by atoms with Gasteiger partial charge in [0, 0.05) is 6.54 Å². The van der Waals surface area contributed by atoms with E-state index in [2.05, 4.69) is 28.6 Å². The van der Waals surface area contributed by atoms with E-state index in [4.69, 9.17) is 4.89 Å². The first kappa shape index (κ1) is 27.3. The van der Waals surface area contributed by atoms with Gasteiger partial charge in [-0.2, -0.15) is 0 Å². The zero-order chi connectivity index (χ0) is 20.9. The molecule has 0 radical (unpaired) electrons. The Balaban J connectivity index is 3.34. The van der Waals surface area contributed by atoms with Crippen LogP contribution in [-0.4, -0.2) is 23.9 Å². The van der Waals surface area contributed by atoms with Gasteiger partial charge in [-0.3, -0.25) is 4.57 Å². The van der Waals surface area contributed by atoms with Crippen molar-refractivity contribution in [1.29, 1.82) is 0 Å². The van der Waals surface area contributed by atoms with Crippen LogP contribution in [0.25, 0.3) is 0 Å². The van der Waals surface area contributed by atoms with Gasteiger partial charge in [-0.25, -0.2) is 0 Å². The van der Waals surface area contributed by atoms with E-state index in [0.29, 0.717) is 12.8 Å². The molecule has 0 bridgehead atoms. The fourth-order valence-corrected chi connectivity index (χ4v) is 3.23. The van der Waals surface area contributed by atoms with E-state index >= 15 is 0 Å². The first-order valence-corrected chi connectivity index (χ1v) is 12.5. The molecule has 1 N–H and O–H groups in total. The van der Waals surface area contributed by atoms with Gasteiger partial charge in [0.2, 0.25) is 0 Å². The topological polar surface area (TPSA) is 105 Å². The molecule has 0 aromatic rings. The Bertz CT molecular complexity index is 448. The predicted octanol–water partition coefficient (Wildman–Crippen LogP) is 4.65. The van der Waals surface area contributed by atoms with E-state index in [1.807, 2.05) is 0 Å². The predicted molar refractivity (Wildman–Crippen MR) is 112 cm³/mol. The molecule has 0 aromatic heterocycles. The van der Waals surface area contributed by atoms with Crippen LogP contribution in [0.5, 0.6) is 0 Å². The van der Waals surface area contributed by atoms with Gasteiger partial charge in [-0.15, -0.1) is 0 Å². The maximum Gasteiger partial charge on any atom is 0.265 e. The summed E-state index contributed by atoms with van der Waals surface area (Å²) >= 11 is 0. The molecule has 0 rings (SSSR count). The summed E-state index contributed by atoms with van der Waals surface area (Å²) in [5.41, 5.74) is 0. The average molecular weight is 418 g/mol. The van der Waals surface area contributed by atoms with Crippen LogP contribution in [-0.2, 0) is 9.09 Å². The van der Waals surface area contributed by atoms with Crippen molar-refractivity contribution in [3.05, 3.63) is 12.2 Å². The molecule has 0 saturated carbocycles. The van der Waals surface area contributed by atoms with Gasteiger partial charge in [0.05, 0.1) is 6.61 Å². The minimum atomic E-state index is -4.66. The molecule has 0 amide bonds. The van der Waals surface area contributed by atoms with Crippen LogP contribution in [0.1, 0.15) is 103 Å². The van der Waals surface area contributed by atoms with E-state index in [1.54, 1.807) is 0 Å². The average Bonchev–Trinajstić information content (AvgIpc) is 2.63. The summed E-state index contributed by atoms with van der Waals surface area (Å²) in [6.45, 7) is 2.32. The highest BCUT2D eigenvalue weighted by atomic mass is 31.2. The second kappa shape index (κ2) is 19.6. The second-order valence-corrected chi connectivity index (χ2v) is 8.46. The normalized spacial score (nSPS) is 14.6. The van der Waals surface area contributed by atoms with Crippen LogP contribution in [0.2, 0.25) is 0 Å². The van der Waals surface area contributed by atoms with Crippen molar-refractivity contribution < 1.29 is 24.0 Å². The third-order valence-electron chi connectivity index (χ3n) is 4.50. The number of phosphoric acid groups is 1. The van der Waals surface area contributed by atoms with Crippen molar-refractivity contribution in [1.82, 2.24) is 0 Å². The van der Waals surface area contributed by atoms with Crippen molar-refractivity contribution in [2.75, 3.05) is 13.2 Å². The number of allylic oxidation sites excluding steroid dienone is 2. The summed E-state index contributed by atoms with van der Waals surface area (Å²) in [6.07, 6.45) is 21.3. The molecule has 0 aliphatic heterocycles. The van der Waals surface area contributed by atoms with Crippen molar-refractivity contribution in [2.24, 2.45) is 4.99 Å². The third kappa shape index (κ3) is 23.4. The number of aliphatic imine (C=N–C) groups is 1. The largest absolute Gasteiger partial charge is 0.862 e. The molecule has 0 aliphatic carbocycles. The molecule has 0 fully saturated rings. The molecule has 7 heteroatoms. The maximum atomic E-state index is 11.6. The summed E-state index contributed by atoms with van der Waals surface area (Å²) in [5.74, 6) is -0.146. The Labute approximate surface area is 171 Å². The lowest BCUT2D eigenvalue weighted by Crippen LogP contribution is -2.18. The van der Waals surface area contributed by atoms with Crippen LogP contribution in [0.4, 0.5) is 0 Å². The first-order valence-electron chi connectivity index (χ1n) is 11.0. The van der Waals surface area contributed by atoms with Gasteiger partial charge in [-0.1, -0.05) is 70.4 Å². The summed E-state index contributed by atoms with van der Waals surface area (Å²) in [4.78, 5) is 22.6. The van der Waals surface area contributed by atoms with E-state index in [9.17, 15) is 14.6 Å². The monoisotopic (exact) mass is 417 g/mol. The van der Waals surface area contributed by atoms with E-state index < -0.39 is 7.82 Å². The smallest absolute Gasteiger partial charge is 0.265 e. The Kier molecular flexibility index (Phi) is 19.2. The molecule has 0 spiro atoms. The Morgan fingerprint density at radius 3 is 2.04 bits per heavy atom. The zero-order valence-electron chi connectivity index (χ0n) is 17.7. The number of phosphoric ester groups is 1. The van der Waals surface area contributed by atoms with Gasteiger partial charge < -0.3 is 24.4 Å². The second-order valence-electron chi connectivity index (χ2n) is 7.27. The molecule has 0 heterocycles. The Morgan fingerprint density at radius 2 is 1.46 bits per heavy atom. The molecular weight excluding hydrogens is 377 g/mol. The van der Waals surface area contributed by atoms with Gasteiger partial charge in [0.15, 0.2) is 0 Å². The maximum absolute atomic E-state index is 11.6. The van der Waals surface area contributed by atoms with Crippen molar-refractivity contribution in [3.8, 4) is 0 Å². The highest BCUT2D eigenvalue weighted by Crippen LogP contribution is 2.29. The first-order chi connectivity index (χ1) is 13.5. The molecule has 1 unspecified atom stereocenters. The quantitative estimate of drug-likeness (QED) is 0.102. The van der Waals surface area contributed by atoms with Crippen LogP contribution in [0.3, 0.4) is 0 Å². The van der Waals surface area contributed by atoms with Gasteiger partial charge >= 0.3 is 0 Å². The minimum Gasteiger partial charge on any atom is -0.862 e. The molecule has 166 valence electrons. The number of hydrogen-bond donors (Lipinski definition) is 1. The molecule has 28 heavy (non-hydrogen) atoms. The number of unbranched alkanes of at least 4 members (excludes halogenated alkanes) is 11. The lowest BCUT2D eigenvalue weighted by Gasteiger charge is -2.15. The summed E-state index contributed by atoms with van der Waals surface area (Å²) in [5, 5.41) is 11.6. The van der Waals surface area contributed by atoms with Crippen molar-refractivity contribution in [3.63, 3.8) is 0 Å². The summed E-state index contributed by atoms with van der Waals surface area (Å²) < 4.78 is 14.5. The lowest BCUT2D eigenvalue weighted by molar-refractivity contribution is -0.219. The zero-order valence-corrected chi connectivity index (χ0v) is 18.5. The Morgan fingerprint density at radius 1 is 0.929 bits per heavy atom. The van der Waals surface area contributed by atoms with Crippen molar-refractivity contribution >= 4 is 13.7 Å². The Hall–Kier alpha value is -0.680. The van der Waals surface area contributed by atoms with E-state index in [-0.39, 0.29) is 19.0 Å². The lowest BCUT2D eigenvalue weighted by atomic mass is 10.1. The molecule has 6 nitrogen and oxygen atoms in total.